The second-order valence-corrected chi connectivity index (χ2v) is 7.89. The summed E-state index contributed by atoms with van der Waals surface area (Å²) in [5.74, 6) is 0.577. The van der Waals surface area contributed by atoms with Crippen molar-refractivity contribution >= 4 is 6.03 Å². The minimum absolute atomic E-state index is 0.0704. The first-order chi connectivity index (χ1) is 11.4. The van der Waals surface area contributed by atoms with E-state index in [4.69, 9.17) is 9.47 Å². The van der Waals surface area contributed by atoms with Gasteiger partial charge in [-0.25, -0.2) is 4.79 Å². The monoisotopic (exact) mass is 341 g/mol. The fraction of sp³-hybridized carbons (Fsp3) is 0.944. The highest BCUT2D eigenvalue weighted by Gasteiger charge is 2.27. The zero-order valence-corrected chi connectivity index (χ0v) is 15.8. The standard InChI is InChI=1S/C18H35N3O3/c1-15(12-18(2,3)23-4)19-17(22)21-7-5-6-16(14-21)13-20-8-10-24-11-9-20/h15-16H,5-14H2,1-4H3,(H,19,22)/t15-,16+/m0/s1. The summed E-state index contributed by atoms with van der Waals surface area (Å²) < 4.78 is 10.9. The van der Waals surface area contributed by atoms with Gasteiger partial charge in [0.05, 0.1) is 18.8 Å². The van der Waals surface area contributed by atoms with Crippen LogP contribution in [0.5, 0.6) is 0 Å². The lowest BCUT2D eigenvalue weighted by molar-refractivity contribution is 0.00869. The van der Waals surface area contributed by atoms with Crippen LogP contribution in [0.4, 0.5) is 4.79 Å². The maximum absolute atomic E-state index is 12.6. The lowest BCUT2D eigenvalue weighted by Crippen LogP contribution is -2.51. The number of likely N-dealkylation sites (tertiary alicyclic amines) is 1. The lowest BCUT2D eigenvalue weighted by Gasteiger charge is -2.37. The molecule has 0 saturated carbocycles. The average Bonchev–Trinajstić information content (AvgIpc) is 2.55. The zero-order chi connectivity index (χ0) is 17.6. The summed E-state index contributed by atoms with van der Waals surface area (Å²) in [6.07, 6.45) is 3.12. The summed E-state index contributed by atoms with van der Waals surface area (Å²) in [4.78, 5) is 17.0. The summed E-state index contributed by atoms with van der Waals surface area (Å²) >= 11 is 0. The molecule has 6 heteroatoms. The molecule has 140 valence electrons. The molecular weight excluding hydrogens is 306 g/mol. The molecule has 2 fully saturated rings. The Labute approximate surface area is 146 Å². The number of carbonyl (C=O) groups excluding carboxylic acids is 1. The van der Waals surface area contributed by atoms with Crippen LogP contribution in [0.1, 0.15) is 40.0 Å². The van der Waals surface area contributed by atoms with E-state index >= 15 is 0 Å². The summed E-state index contributed by atoms with van der Waals surface area (Å²) in [7, 11) is 1.72. The third-order valence-electron chi connectivity index (χ3n) is 5.15. The van der Waals surface area contributed by atoms with Gasteiger partial charge in [0.15, 0.2) is 0 Å². The van der Waals surface area contributed by atoms with E-state index in [-0.39, 0.29) is 17.7 Å². The van der Waals surface area contributed by atoms with Crippen LogP contribution in [0.15, 0.2) is 0 Å². The van der Waals surface area contributed by atoms with Crippen LogP contribution in [0.25, 0.3) is 0 Å². The van der Waals surface area contributed by atoms with Gasteiger partial charge in [0.25, 0.3) is 0 Å². The van der Waals surface area contributed by atoms with Gasteiger partial charge in [0.1, 0.15) is 0 Å². The van der Waals surface area contributed by atoms with E-state index in [9.17, 15) is 4.79 Å². The van der Waals surface area contributed by atoms with Crippen molar-refractivity contribution in [2.45, 2.75) is 51.7 Å². The van der Waals surface area contributed by atoms with Crippen molar-refractivity contribution < 1.29 is 14.3 Å². The molecule has 2 saturated heterocycles. The minimum atomic E-state index is -0.215. The average molecular weight is 341 g/mol. The SMILES string of the molecule is COC(C)(C)C[C@H](C)NC(=O)N1CCC[C@H](CN2CCOCC2)C1. The number of methoxy groups -OCH3 is 1. The van der Waals surface area contributed by atoms with E-state index in [1.807, 2.05) is 11.8 Å². The Kier molecular flexibility index (Phi) is 7.32. The summed E-state index contributed by atoms with van der Waals surface area (Å²) in [5.41, 5.74) is -0.215. The van der Waals surface area contributed by atoms with Crippen molar-refractivity contribution in [2.24, 2.45) is 5.92 Å². The summed E-state index contributed by atoms with van der Waals surface area (Å²) in [5, 5.41) is 3.14. The van der Waals surface area contributed by atoms with Gasteiger partial charge in [-0.1, -0.05) is 0 Å². The predicted octanol–water partition coefficient (Wildman–Crippen LogP) is 1.94. The highest BCUT2D eigenvalue weighted by Crippen LogP contribution is 2.19. The highest BCUT2D eigenvalue weighted by atomic mass is 16.5. The maximum Gasteiger partial charge on any atom is 0.317 e. The molecule has 0 unspecified atom stereocenters. The largest absolute Gasteiger partial charge is 0.379 e. The molecule has 2 aliphatic rings. The van der Waals surface area contributed by atoms with Crippen molar-refractivity contribution in [1.82, 2.24) is 15.1 Å². The Bertz CT molecular complexity index is 397. The van der Waals surface area contributed by atoms with Crippen LogP contribution >= 0.6 is 0 Å². The molecule has 6 nitrogen and oxygen atoms in total. The van der Waals surface area contributed by atoms with Crippen LogP contribution < -0.4 is 5.32 Å². The molecule has 1 N–H and O–H groups in total. The molecule has 0 spiro atoms. The Balaban J connectivity index is 1.77. The molecule has 2 rings (SSSR count). The molecule has 0 radical (unpaired) electrons. The molecule has 0 aliphatic carbocycles. The molecule has 2 atom stereocenters. The van der Waals surface area contributed by atoms with Crippen molar-refractivity contribution in [1.29, 1.82) is 0 Å². The second kappa shape index (κ2) is 9.02. The number of nitrogens with one attached hydrogen (secondary N) is 1. The predicted molar refractivity (Wildman–Crippen MR) is 95.3 cm³/mol. The van der Waals surface area contributed by atoms with E-state index in [2.05, 4.69) is 24.1 Å². The van der Waals surface area contributed by atoms with Gasteiger partial charge >= 0.3 is 6.03 Å². The number of rotatable bonds is 6. The van der Waals surface area contributed by atoms with E-state index in [0.29, 0.717) is 5.92 Å². The van der Waals surface area contributed by atoms with Gasteiger partial charge in [-0.05, 0) is 46.0 Å². The molecule has 2 aliphatic heterocycles. The molecule has 2 amide bonds. The van der Waals surface area contributed by atoms with Crippen molar-refractivity contribution in [3.8, 4) is 0 Å². The molecule has 0 aromatic rings. The first-order valence-corrected chi connectivity index (χ1v) is 9.30. The number of ether oxygens (including phenoxy) is 2. The van der Waals surface area contributed by atoms with Crippen LogP contribution in [0.3, 0.4) is 0 Å². The Hall–Kier alpha value is -0.850. The van der Waals surface area contributed by atoms with E-state index in [1.54, 1.807) is 7.11 Å². The van der Waals surface area contributed by atoms with Gasteiger partial charge in [0.2, 0.25) is 0 Å². The molecular formula is C18H35N3O3. The fourth-order valence-corrected chi connectivity index (χ4v) is 3.72. The number of urea groups is 1. The van der Waals surface area contributed by atoms with Gasteiger partial charge in [0, 0.05) is 45.9 Å². The topological polar surface area (TPSA) is 54.0 Å². The van der Waals surface area contributed by atoms with Gasteiger partial charge < -0.3 is 19.7 Å². The number of nitrogens with zero attached hydrogens (tertiary/aromatic N) is 2. The van der Waals surface area contributed by atoms with E-state index in [1.165, 1.54) is 6.42 Å². The Morgan fingerprint density at radius 1 is 1.33 bits per heavy atom. The number of carbonyl (C=O) groups is 1. The number of hydrogen-bond acceptors (Lipinski definition) is 4. The fourth-order valence-electron chi connectivity index (χ4n) is 3.72. The number of amides is 2. The third-order valence-corrected chi connectivity index (χ3v) is 5.15. The van der Waals surface area contributed by atoms with Gasteiger partial charge in [-0.3, -0.25) is 4.90 Å². The summed E-state index contributed by atoms with van der Waals surface area (Å²) in [6, 6.07) is 0.174. The van der Waals surface area contributed by atoms with Crippen molar-refractivity contribution in [2.75, 3.05) is 53.0 Å². The molecule has 2 heterocycles. The van der Waals surface area contributed by atoms with Gasteiger partial charge in [-0.2, -0.15) is 0 Å². The molecule has 0 aromatic carbocycles. The normalized spacial score (nSPS) is 24.7. The van der Waals surface area contributed by atoms with Crippen LogP contribution in [-0.4, -0.2) is 80.5 Å². The number of piperidine rings is 1. The first kappa shape index (κ1) is 19.5. The third kappa shape index (κ3) is 6.22. The summed E-state index contributed by atoms with van der Waals surface area (Å²) in [6.45, 7) is 12.7. The second-order valence-electron chi connectivity index (χ2n) is 7.89. The molecule has 0 aromatic heterocycles. The number of morpholine rings is 1. The molecule has 24 heavy (non-hydrogen) atoms. The molecule has 0 bridgehead atoms. The maximum atomic E-state index is 12.6. The van der Waals surface area contributed by atoms with Crippen LogP contribution in [-0.2, 0) is 9.47 Å². The van der Waals surface area contributed by atoms with E-state index < -0.39 is 0 Å². The van der Waals surface area contributed by atoms with Crippen LogP contribution in [0, 0.1) is 5.92 Å². The smallest absolute Gasteiger partial charge is 0.317 e. The van der Waals surface area contributed by atoms with Crippen molar-refractivity contribution in [3.63, 3.8) is 0 Å². The highest BCUT2D eigenvalue weighted by molar-refractivity contribution is 5.74. The van der Waals surface area contributed by atoms with Crippen LogP contribution in [0.2, 0.25) is 0 Å². The quantitative estimate of drug-likeness (QED) is 0.802. The zero-order valence-electron chi connectivity index (χ0n) is 15.8. The van der Waals surface area contributed by atoms with E-state index in [0.717, 1.165) is 58.8 Å². The number of hydrogen-bond donors (Lipinski definition) is 1. The Morgan fingerprint density at radius 3 is 2.71 bits per heavy atom. The minimum Gasteiger partial charge on any atom is -0.379 e. The van der Waals surface area contributed by atoms with Gasteiger partial charge in [-0.15, -0.1) is 0 Å². The van der Waals surface area contributed by atoms with Crippen molar-refractivity contribution in [3.05, 3.63) is 0 Å². The Morgan fingerprint density at radius 2 is 2.04 bits per heavy atom. The first-order valence-electron chi connectivity index (χ1n) is 9.30. The lowest BCUT2D eigenvalue weighted by atomic mass is 9.97.